The van der Waals surface area contributed by atoms with E-state index < -0.39 is 0 Å². The van der Waals surface area contributed by atoms with E-state index in [0.29, 0.717) is 12.5 Å². The molecule has 1 unspecified atom stereocenters. The lowest BCUT2D eigenvalue weighted by Crippen LogP contribution is -2.42. The van der Waals surface area contributed by atoms with Crippen molar-refractivity contribution in [2.75, 3.05) is 31.2 Å². The number of nitrogens with one attached hydrogen (secondary N) is 1. The lowest BCUT2D eigenvalue weighted by Gasteiger charge is -2.24. The highest BCUT2D eigenvalue weighted by Crippen LogP contribution is 2.22. The smallest absolute Gasteiger partial charge is 0.225 e. The molecule has 6 nitrogen and oxygen atoms in total. The fourth-order valence-corrected chi connectivity index (χ4v) is 2.99. The maximum atomic E-state index is 12.3. The van der Waals surface area contributed by atoms with Crippen LogP contribution in [0.5, 0.6) is 0 Å². The van der Waals surface area contributed by atoms with Crippen molar-refractivity contribution in [3.8, 4) is 0 Å². The number of carbonyl (C=O) groups is 1. The number of halogens is 1. The molecule has 1 N–H and O–H groups in total. The molecule has 2 fully saturated rings. The fourth-order valence-electron chi connectivity index (χ4n) is 2.79. The van der Waals surface area contributed by atoms with Crippen LogP contribution in [0.4, 0.5) is 5.95 Å². The van der Waals surface area contributed by atoms with Crippen molar-refractivity contribution in [1.29, 1.82) is 0 Å². The Morgan fingerprint density at radius 1 is 1.29 bits per heavy atom. The number of amides is 1. The van der Waals surface area contributed by atoms with Gasteiger partial charge in [-0.25, -0.2) is 9.97 Å². The third-order valence-electron chi connectivity index (χ3n) is 4.02. The molecular formula is C14H19BrN4O2. The Bertz CT molecular complexity index is 490. The summed E-state index contributed by atoms with van der Waals surface area (Å²) in [7, 11) is 0. The van der Waals surface area contributed by atoms with E-state index in [1.165, 1.54) is 0 Å². The molecule has 1 aromatic heterocycles. The van der Waals surface area contributed by atoms with Gasteiger partial charge < -0.3 is 15.0 Å². The highest BCUT2D eigenvalue weighted by molar-refractivity contribution is 9.10. The number of nitrogens with zero attached hydrogens (tertiary/aromatic N) is 3. The Morgan fingerprint density at radius 3 is 2.71 bits per heavy atom. The second kappa shape index (κ2) is 6.70. The van der Waals surface area contributed by atoms with Crippen molar-refractivity contribution in [2.24, 2.45) is 5.92 Å². The highest BCUT2D eigenvalue weighted by Gasteiger charge is 2.31. The van der Waals surface area contributed by atoms with Crippen LogP contribution < -0.4 is 10.2 Å². The maximum Gasteiger partial charge on any atom is 0.225 e. The second-order valence-corrected chi connectivity index (χ2v) is 6.44. The highest BCUT2D eigenvalue weighted by atomic mass is 79.9. The molecule has 0 radical (unpaired) electrons. The van der Waals surface area contributed by atoms with Gasteiger partial charge in [-0.3, -0.25) is 4.79 Å². The monoisotopic (exact) mass is 354 g/mol. The number of rotatable bonds is 3. The number of ether oxygens (including phenoxy) is 1. The van der Waals surface area contributed by atoms with Gasteiger partial charge in [0.2, 0.25) is 11.9 Å². The van der Waals surface area contributed by atoms with E-state index in [4.69, 9.17) is 4.74 Å². The lowest BCUT2D eigenvalue weighted by molar-refractivity contribution is -0.125. The van der Waals surface area contributed by atoms with E-state index in [9.17, 15) is 4.79 Å². The molecule has 2 aliphatic heterocycles. The zero-order valence-electron chi connectivity index (χ0n) is 11.8. The summed E-state index contributed by atoms with van der Waals surface area (Å²) in [5.74, 6) is 0.876. The summed E-state index contributed by atoms with van der Waals surface area (Å²) < 4.78 is 6.17. The molecule has 1 aromatic rings. The van der Waals surface area contributed by atoms with Crippen LogP contribution in [0.3, 0.4) is 0 Å². The quantitative estimate of drug-likeness (QED) is 0.887. The lowest BCUT2D eigenvalue weighted by atomic mass is 10.1. The van der Waals surface area contributed by atoms with Crippen LogP contribution in [0.25, 0.3) is 0 Å². The van der Waals surface area contributed by atoms with Crippen LogP contribution >= 0.6 is 15.9 Å². The summed E-state index contributed by atoms with van der Waals surface area (Å²) >= 11 is 3.33. The minimum absolute atomic E-state index is 0.0279. The van der Waals surface area contributed by atoms with Crippen molar-refractivity contribution in [2.45, 2.75) is 25.3 Å². The van der Waals surface area contributed by atoms with E-state index >= 15 is 0 Å². The van der Waals surface area contributed by atoms with Gasteiger partial charge in [-0.15, -0.1) is 0 Å². The second-order valence-electron chi connectivity index (χ2n) is 5.53. The van der Waals surface area contributed by atoms with E-state index in [-0.39, 0.29) is 17.9 Å². The number of hydrogen-bond donors (Lipinski definition) is 1. The average molecular weight is 355 g/mol. The molecule has 114 valence electrons. The van der Waals surface area contributed by atoms with E-state index in [2.05, 4.69) is 36.1 Å². The van der Waals surface area contributed by atoms with Crippen LogP contribution in [0.15, 0.2) is 16.9 Å². The minimum Gasteiger partial charge on any atom is -0.381 e. The van der Waals surface area contributed by atoms with Crippen LogP contribution in [0.1, 0.15) is 19.3 Å². The summed E-state index contributed by atoms with van der Waals surface area (Å²) in [6, 6.07) is 0.268. The van der Waals surface area contributed by atoms with Gasteiger partial charge in [0.1, 0.15) is 0 Å². The number of anilines is 1. The Balaban J connectivity index is 1.53. The maximum absolute atomic E-state index is 12.3. The topological polar surface area (TPSA) is 67.3 Å². The summed E-state index contributed by atoms with van der Waals surface area (Å²) in [6.45, 7) is 3.01. The van der Waals surface area contributed by atoms with Crippen LogP contribution in [0.2, 0.25) is 0 Å². The first-order valence-corrected chi connectivity index (χ1v) is 8.12. The van der Waals surface area contributed by atoms with E-state index in [1.807, 2.05) is 0 Å². The molecule has 0 aromatic carbocycles. The average Bonchev–Trinajstić information content (AvgIpc) is 2.99. The first-order valence-electron chi connectivity index (χ1n) is 7.33. The van der Waals surface area contributed by atoms with Crippen LogP contribution in [-0.4, -0.2) is 48.2 Å². The normalized spacial score (nSPS) is 23.3. The molecule has 3 rings (SSSR count). The molecule has 0 saturated carbocycles. The molecule has 21 heavy (non-hydrogen) atoms. The van der Waals surface area contributed by atoms with Crippen LogP contribution in [-0.2, 0) is 9.53 Å². The fraction of sp³-hybridized carbons (Fsp3) is 0.643. The Hall–Kier alpha value is -1.21. The van der Waals surface area contributed by atoms with Gasteiger partial charge in [0.05, 0.1) is 10.4 Å². The Labute approximate surface area is 132 Å². The third kappa shape index (κ3) is 3.71. The minimum atomic E-state index is 0.0279. The van der Waals surface area contributed by atoms with Gasteiger partial charge in [0, 0.05) is 44.7 Å². The number of hydrogen-bond acceptors (Lipinski definition) is 5. The van der Waals surface area contributed by atoms with Crippen molar-refractivity contribution in [3.63, 3.8) is 0 Å². The predicted octanol–water partition coefficient (Wildman–Crippen LogP) is 1.36. The van der Waals surface area contributed by atoms with Crippen molar-refractivity contribution in [3.05, 3.63) is 16.9 Å². The summed E-state index contributed by atoms with van der Waals surface area (Å²) in [5, 5.41) is 3.15. The van der Waals surface area contributed by atoms with Crippen molar-refractivity contribution >= 4 is 27.8 Å². The van der Waals surface area contributed by atoms with E-state index in [0.717, 1.165) is 43.5 Å². The molecule has 2 aliphatic rings. The van der Waals surface area contributed by atoms with Crippen LogP contribution in [0, 0.1) is 5.92 Å². The predicted molar refractivity (Wildman–Crippen MR) is 82.0 cm³/mol. The Morgan fingerprint density at radius 2 is 2.00 bits per heavy atom. The molecule has 3 heterocycles. The Kier molecular flexibility index (Phi) is 4.70. The molecule has 1 atom stereocenters. The SMILES string of the molecule is O=C(NC1CCOCC1)C1CCN(c2ncc(Br)cn2)C1. The summed E-state index contributed by atoms with van der Waals surface area (Å²) in [4.78, 5) is 23.0. The number of aromatic nitrogens is 2. The number of carbonyl (C=O) groups excluding carboxylic acids is 1. The van der Waals surface area contributed by atoms with Gasteiger partial charge in [0.15, 0.2) is 0 Å². The summed E-state index contributed by atoms with van der Waals surface area (Å²) in [5.41, 5.74) is 0. The van der Waals surface area contributed by atoms with Gasteiger partial charge >= 0.3 is 0 Å². The standard InChI is InChI=1S/C14H19BrN4O2/c15-11-7-16-14(17-8-11)19-4-1-10(9-19)13(20)18-12-2-5-21-6-3-12/h7-8,10,12H,1-6,9H2,(H,18,20). The first-order chi connectivity index (χ1) is 10.2. The first kappa shape index (κ1) is 14.7. The van der Waals surface area contributed by atoms with Gasteiger partial charge in [0.25, 0.3) is 0 Å². The largest absolute Gasteiger partial charge is 0.381 e. The van der Waals surface area contributed by atoms with Crippen molar-refractivity contribution < 1.29 is 9.53 Å². The molecule has 7 heteroatoms. The van der Waals surface area contributed by atoms with Gasteiger partial charge in [-0.2, -0.15) is 0 Å². The van der Waals surface area contributed by atoms with Gasteiger partial charge in [-0.05, 0) is 35.2 Å². The molecular weight excluding hydrogens is 336 g/mol. The molecule has 0 bridgehead atoms. The molecule has 2 saturated heterocycles. The van der Waals surface area contributed by atoms with E-state index in [1.54, 1.807) is 12.4 Å². The zero-order valence-corrected chi connectivity index (χ0v) is 13.4. The van der Waals surface area contributed by atoms with Gasteiger partial charge in [-0.1, -0.05) is 0 Å². The summed E-state index contributed by atoms with van der Waals surface area (Å²) in [6.07, 6.45) is 6.15. The third-order valence-corrected chi connectivity index (χ3v) is 4.43. The molecule has 0 spiro atoms. The zero-order chi connectivity index (χ0) is 14.7. The molecule has 1 amide bonds. The molecule has 0 aliphatic carbocycles. The van der Waals surface area contributed by atoms with Crippen molar-refractivity contribution in [1.82, 2.24) is 15.3 Å².